The van der Waals surface area contributed by atoms with E-state index in [0.717, 1.165) is 22.3 Å². The number of nitrogens with zero attached hydrogens (tertiary/aromatic N) is 1. The summed E-state index contributed by atoms with van der Waals surface area (Å²) in [5, 5.41) is 7.79. The molecule has 1 heterocycles. The Hall–Kier alpha value is -3.60. The molecule has 0 saturated heterocycles. The molecule has 0 aliphatic carbocycles. The van der Waals surface area contributed by atoms with Crippen molar-refractivity contribution in [3.8, 4) is 5.75 Å². The predicted molar refractivity (Wildman–Crippen MR) is 107 cm³/mol. The van der Waals surface area contributed by atoms with Crippen LogP contribution in [0.3, 0.4) is 0 Å². The van der Waals surface area contributed by atoms with E-state index >= 15 is 0 Å². The van der Waals surface area contributed by atoms with Crippen LogP contribution < -0.4 is 10.1 Å². The highest BCUT2D eigenvalue weighted by atomic mass is 16.5. The van der Waals surface area contributed by atoms with Crippen molar-refractivity contribution in [2.75, 3.05) is 0 Å². The Kier molecular flexibility index (Phi) is 5.33. The van der Waals surface area contributed by atoms with Crippen LogP contribution in [0.5, 0.6) is 5.75 Å². The number of carbonyl (C=O) groups is 1. The van der Waals surface area contributed by atoms with E-state index in [-0.39, 0.29) is 12.3 Å². The van der Waals surface area contributed by atoms with Gasteiger partial charge in [0.2, 0.25) is 5.91 Å². The maximum absolute atomic E-state index is 12.2. The van der Waals surface area contributed by atoms with Crippen molar-refractivity contribution in [2.45, 2.75) is 19.6 Å². The van der Waals surface area contributed by atoms with E-state index in [1.165, 1.54) is 0 Å². The van der Waals surface area contributed by atoms with E-state index in [1.807, 2.05) is 78.9 Å². The van der Waals surface area contributed by atoms with Crippen LogP contribution in [-0.4, -0.2) is 11.1 Å². The maximum Gasteiger partial charge on any atom is 0.226 e. The lowest BCUT2D eigenvalue weighted by Gasteiger charge is -2.08. The third kappa shape index (κ3) is 4.38. The predicted octanol–water partition coefficient (Wildman–Crippen LogP) is 4.27. The summed E-state index contributed by atoms with van der Waals surface area (Å²) in [6.45, 7) is 0.982. The molecule has 0 fully saturated rings. The van der Waals surface area contributed by atoms with Crippen molar-refractivity contribution >= 4 is 16.9 Å². The van der Waals surface area contributed by atoms with Crippen LogP contribution in [0.2, 0.25) is 0 Å². The summed E-state index contributed by atoms with van der Waals surface area (Å²) in [4.78, 5) is 12.2. The Morgan fingerprint density at radius 3 is 2.46 bits per heavy atom. The second kappa shape index (κ2) is 8.39. The lowest BCUT2D eigenvalue weighted by molar-refractivity contribution is -0.120. The Morgan fingerprint density at radius 1 is 0.893 bits per heavy atom. The van der Waals surface area contributed by atoms with Gasteiger partial charge < -0.3 is 14.6 Å². The first-order valence-electron chi connectivity index (χ1n) is 9.13. The van der Waals surface area contributed by atoms with Crippen molar-refractivity contribution in [2.24, 2.45) is 0 Å². The summed E-state index contributed by atoms with van der Waals surface area (Å²) >= 11 is 0. The Balaban J connectivity index is 1.28. The summed E-state index contributed by atoms with van der Waals surface area (Å²) < 4.78 is 11.0. The largest absolute Gasteiger partial charge is 0.489 e. The lowest BCUT2D eigenvalue weighted by atomic mass is 10.1. The van der Waals surface area contributed by atoms with E-state index in [1.54, 1.807) is 0 Å². The van der Waals surface area contributed by atoms with Crippen molar-refractivity contribution in [3.63, 3.8) is 0 Å². The fourth-order valence-electron chi connectivity index (χ4n) is 2.93. The minimum atomic E-state index is -0.0940. The van der Waals surface area contributed by atoms with Gasteiger partial charge in [-0.3, -0.25) is 4.79 Å². The molecule has 5 heteroatoms. The van der Waals surface area contributed by atoms with Crippen molar-refractivity contribution in [1.82, 2.24) is 10.5 Å². The van der Waals surface area contributed by atoms with E-state index < -0.39 is 0 Å². The van der Waals surface area contributed by atoms with Gasteiger partial charge in [0, 0.05) is 11.9 Å². The quantitative estimate of drug-likeness (QED) is 0.526. The number of aromatic nitrogens is 1. The molecule has 3 aromatic carbocycles. The van der Waals surface area contributed by atoms with Crippen molar-refractivity contribution < 1.29 is 14.1 Å². The molecule has 5 nitrogen and oxygen atoms in total. The molecule has 0 bridgehead atoms. The minimum Gasteiger partial charge on any atom is -0.489 e. The van der Waals surface area contributed by atoms with E-state index in [0.29, 0.717) is 24.4 Å². The number of hydrogen-bond donors (Lipinski definition) is 1. The molecule has 0 radical (unpaired) electrons. The normalized spacial score (nSPS) is 10.7. The van der Waals surface area contributed by atoms with Crippen LogP contribution >= 0.6 is 0 Å². The molecule has 4 aromatic rings. The summed E-state index contributed by atoms with van der Waals surface area (Å²) in [5.41, 5.74) is 3.47. The third-order valence-corrected chi connectivity index (χ3v) is 4.44. The summed E-state index contributed by atoms with van der Waals surface area (Å²) in [6.07, 6.45) is 0.190. The zero-order valence-corrected chi connectivity index (χ0v) is 15.3. The molecule has 0 aliphatic heterocycles. The van der Waals surface area contributed by atoms with E-state index in [4.69, 9.17) is 9.26 Å². The van der Waals surface area contributed by atoms with Gasteiger partial charge in [0.15, 0.2) is 5.58 Å². The minimum absolute atomic E-state index is 0.0940. The van der Waals surface area contributed by atoms with Crippen molar-refractivity contribution in [3.05, 3.63) is 95.7 Å². The van der Waals surface area contributed by atoms with Gasteiger partial charge in [-0.1, -0.05) is 59.8 Å². The van der Waals surface area contributed by atoms with Crippen LogP contribution in [0, 0.1) is 0 Å². The first-order chi connectivity index (χ1) is 13.8. The molecule has 0 unspecified atom stereocenters. The number of carbonyl (C=O) groups excluding carboxylic acids is 1. The van der Waals surface area contributed by atoms with Crippen LogP contribution in [0.4, 0.5) is 0 Å². The number of nitrogens with one attached hydrogen (secondary N) is 1. The molecule has 0 aliphatic rings. The van der Waals surface area contributed by atoms with Crippen molar-refractivity contribution in [1.29, 1.82) is 0 Å². The molecule has 0 saturated carbocycles. The van der Waals surface area contributed by atoms with Gasteiger partial charge in [0.1, 0.15) is 18.1 Å². The fourth-order valence-corrected chi connectivity index (χ4v) is 2.93. The summed E-state index contributed by atoms with van der Waals surface area (Å²) in [5.74, 6) is 0.705. The second-order valence-corrected chi connectivity index (χ2v) is 6.50. The third-order valence-electron chi connectivity index (χ3n) is 4.44. The number of benzene rings is 3. The average Bonchev–Trinajstić information content (AvgIpc) is 3.15. The van der Waals surface area contributed by atoms with Crippen LogP contribution in [0.15, 0.2) is 83.4 Å². The molecule has 0 atom stereocenters. The van der Waals surface area contributed by atoms with Crippen LogP contribution in [0.1, 0.15) is 16.8 Å². The Morgan fingerprint density at radius 2 is 1.64 bits per heavy atom. The monoisotopic (exact) mass is 372 g/mol. The highest BCUT2D eigenvalue weighted by molar-refractivity contribution is 5.86. The molecule has 1 aromatic heterocycles. The SMILES string of the molecule is O=C(Cc1noc2ccccc12)NCc1ccc(OCc2ccccc2)cc1. The number of hydrogen-bond acceptors (Lipinski definition) is 4. The van der Waals surface area contributed by atoms with Gasteiger partial charge >= 0.3 is 0 Å². The molecular formula is C23H20N2O3. The second-order valence-electron chi connectivity index (χ2n) is 6.50. The van der Waals surface area contributed by atoms with Crippen LogP contribution in [0.25, 0.3) is 11.0 Å². The topological polar surface area (TPSA) is 64.4 Å². The lowest BCUT2D eigenvalue weighted by Crippen LogP contribution is -2.24. The van der Waals surface area contributed by atoms with Crippen LogP contribution in [-0.2, 0) is 24.4 Å². The highest BCUT2D eigenvalue weighted by Gasteiger charge is 2.11. The fraction of sp³-hybridized carbons (Fsp3) is 0.130. The molecule has 28 heavy (non-hydrogen) atoms. The maximum atomic E-state index is 12.2. The number of rotatable bonds is 7. The van der Waals surface area contributed by atoms with Gasteiger partial charge in [-0.05, 0) is 35.4 Å². The standard InChI is InChI=1S/C23H20N2O3/c26-23(14-21-20-8-4-5-9-22(20)28-25-21)24-15-17-10-12-19(13-11-17)27-16-18-6-2-1-3-7-18/h1-13H,14-16H2,(H,24,26). The molecule has 1 amide bonds. The molecular weight excluding hydrogens is 352 g/mol. The Labute approximate surface area is 162 Å². The van der Waals surface area contributed by atoms with E-state index in [2.05, 4.69) is 10.5 Å². The Bertz CT molecular complexity index is 1060. The first kappa shape index (κ1) is 17.8. The number of para-hydroxylation sites is 1. The zero-order chi connectivity index (χ0) is 19.2. The summed E-state index contributed by atoms with van der Waals surface area (Å²) in [6, 6.07) is 25.3. The number of fused-ring (bicyclic) bond motifs is 1. The molecule has 1 N–H and O–H groups in total. The van der Waals surface area contributed by atoms with Gasteiger partial charge in [-0.25, -0.2) is 0 Å². The highest BCUT2D eigenvalue weighted by Crippen LogP contribution is 2.18. The number of amides is 1. The average molecular weight is 372 g/mol. The first-order valence-corrected chi connectivity index (χ1v) is 9.13. The van der Waals surface area contributed by atoms with Gasteiger partial charge in [0.25, 0.3) is 0 Å². The molecule has 4 rings (SSSR count). The van der Waals surface area contributed by atoms with Gasteiger partial charge in [0.05, 0.1) is 6.42 Å². The number of ether oxygens (including phenoxy) is 1. The summed E-state index contributed by atoms with van der Waals surface area (Å²) in [7, 11) is 0. The van der Waals surface area contributed by atoms with Gasteiger partial charge in [-0.15, -0.1) is 0 Å². The van der Waals surface area contributed by atoms with Gasteiger partial charge in [-0.2, -0.15) is 0 Å². The molecule has 140 valence electrons. The zero-order valence-electron chi connectivity index (χ0n) is 15.3. The molecule has 0 spiro atoms. The smallest absolute Gasteiger partial charge is 0.226 e. The van der Waals surface area contributed by atoms with E-state index in [9.17, 15) is 4.79 Å².